The van der Waals surface area contributed by atoms with Crippen LogP contribution in [-0.2, 0) is 15.3 Å². The van der Waals surface area contributed by atoms with Crippen LogP contribution in [0.25, 0.3) is 0 Å². The van der Waals surface area contributed by atoms with Gasteiger partial charge in [-0.2, -0.15) is 0 Å². The van der Waals surface area contributed by atoms with Crippen LogP contribution in [0.4, 0.5) is 0 Å². The summed E-state index contributed by atoms with van der Waals surface area (Å²) in [4.78, 5) is 11.8. The summed E-state index contributed by atoms with van der Waals surface area (Å²) >= 11 is -1.73. The van der Waals surface area contributed by atoms with Crippen LogP contribution in [0.15, 0.2) is 41.8 Å². The second-order valence-electron chi connectivity index (χ2n) is 2.77. The highest BCUT2D eigenvalue weighted by atomic mass is 32.2. The topological polar surface area (TPSA) is 43.4 Å². The number of rotatable bonds is 5. The number of carbonyl (C=O) groups is 1. The second-order valence-corrected chi connectivity index (χ2v) is 3.91. The van der Waals surface area contributed by atoms with Crippen LogP contribution < -0.4 is 0 Å². The zero-order valence-corrected chi connectivity index (χ0v) is 9.33. The zero-order chi connectivity index (χ0) is 12.0. The maximum Gasteiger partial charge on any atom is 0.190 e. The summed E-state index contributed by atoms with van der Waals surface area (Å²) in [5, 5.41) is 0. The van der Waals surface area contributed by atoms with Gasteiger partial charge >= 0.3 is 0 Å². The number of allylic oxidation sites excluding steroid dienone is 1. The van der Waals surface area contributed by atoms with Gasteiger partial charge in [0.25, 0.3) is 0 Å². The van der Waals surface area contributed by atoms with E-state index in [0.29, 0.717) is 10.5 Å². The summed E-state index contributed by atoms with van der Waals surface area (Å²) in [6.07, 6.45) is 6.15. The maximum absolute atomic E-state index is 11.7. The van der Waals surface area contributed by atoms with Crippen molar-refractivity contribution in [3.63, 3.8) is 0 Å². The lowest BCUT2D eigenvalue weighted by molar-refractivity contribution is 0.104. The Hall–Kier alpha value is -1.70. The van der Waals surface area contributed by atoms with Gasteiger partial charge in [-0.05, 0) is 18.2 Å². The molecule has 0 saturated carbocycles. The Morgan fingerprint density at radius 1 is 1.56 bits per heavy atom. The summed E-state index contributed by atoms with van der Waals surface area (Å²) < 4.78 is 16.5. The molecule has 0 heterocycles. The molecule has 0 aliphatic rings. The summed E-state index contributed by atoms with van der Waals surface area (Å²) in [7, 11) is 0. The summed E-state index contributed by atoms with van der Waals surface area (Å²) in [6.45, 7) is 3.31. The Morgan fingerprint density at radius 3 is 2.88 bits per heavy atom. The fourth-order valence-corrected chi connectivity index (χ4v) is 1.92. The number of ketones is 1. The van der Waals surface area contributed by atoms with E-state index >= 15 is 0 Å². The first-order chi connectivity index (χ1) is 7.70. The smallest absolute Gasteiger partial charge is 0.190 e. The van der Waals surface area contributed by atoms with E-state index in [9.17, 15) is 9.00 Å². The summed E-state index contributed by atoms with van der Waals surface area (Å²) in [6, 6.07) is 6.48. The van der Waals surface area contributed by atoms with Crippen molar-refractivity contribution in [2.75, 3.05) is 6.61 Å². The van der Waals surface area contributed by atoms with Gasteiger partial charge in [0.1, 0.15) is 6.61 Å². The Balaban J connectivity index is 3.04. The Kier molecular flexibility index (Phi) is 4.65. The van der Waals surface area contributed by atoms with Crippen molar-refractivity contribution in [3.05, 3.63) is 42.5 Å². The number of hydrogen-bond donors (Lipinski definition) is 0. The van der Waals surface area contributed by atoms with Crippen molar-refractivity contribution in [3.8, 4) is 12.3 Å². The van der Waals surface area contributed by atoms with Gasteiger partial charge in [0.15, 0.2) is 16.9 Å². The van der Waals surface area contributed by atoms with E-state index in [4.69, 9.17) is 10.6 Å². The lowest BCUT2D eigenvalue weighted by Crippen LogP contribution is -2.05. The van der Waals surface area contributed by atoms with Gasteiger partial charge in [-0.25, -0.2) is 4.21 Å². The van der Waals surface area contributed by atoms with Gasteiger partial charge in [-0.1, -0.05) is 24.6 Å². The predicted octanol–water partition coefficient (Wildman–Crippen LogP) is 1.73. The average molecular weight is 234 g/mol. The van der Waals surface area contributed by atoms with Crippen molar-refractivity contribution in [2.24, 2.45) is 0 Å². The normalized spacial score (nSPS) is 11.4. The molecule has 0 aromatic heterocycles. The van der Waals surface area contributed by atoms with Gasteiger partial charge in [0, 0.05) is 5.56 Å². The molecule has 0 amide bonds. The van der Waals surface area contributed by atoms with Crippen molar-refractivity contribution >= 4 is 16.9 Å². The zero-order valence-electron chi connectivity index (χ0n) is 8.51. The molecule has 0 saturated heterocycles. The minimum atomic E-state index is -1.73. The lowest BCUT2D eigenvalue weighted by atomic mass is 10.1. The third-order valence-corrected chi connectivity index (χ3v) is 2.81. The quantitative estimate of drug-likeness (QED) is 0.442. The van der Waals surface area contributed by atoms with E-state index in [2.05, 4.69) is 12.5 Å². The molecule has 0 N–H and O–H groups in total. The molecule has 1 unspecified atom stereocenters. The van der Waals surface area contributed by atoms with E-state index in [0.717, 1.165) is 6.08 Å². The van der Waals surface area contributed by atoms with Crippen LogP contribution in [0.3, 0.4) is 0 Å². The Bertz CT molecular complexity index is 471. The number of benzene rings is 1. The third-order valence-electron chi connectivity index (χ3n) is 1.77. The van der Waals surface area contributed by atoms with Gasteiger partial charge in [-0.3, -0.25) is 8.98 Å². The van der Waals surface area contributed by atoms with Crippen LogP contribution in [-0.4, -0.2) is 16.6 Å². The Morgan fingerprint density at radius 2 is 2.25 bits per heavy atom. The van der Waals surface area contributed by atoms with Crippen molar-refractivity contribution in [1.82, 2.24) is 0 Å². The standard InChI is InChI=1S/C12H10O3S/c1-3-9-15-16(14)12-8-6-5-7-10(12)11(13)4-2/h1,4-8H,2,9H2. The first-order valence-electron chi connectivity index (χ1n) is 4.45. The van der Waals surface area contributed by atoms with Gasteiger partial charge in [0.2, 0.25) is 0 Å². The fraction of sp³-hybridized carbons (Fsp3) is 0.0833. The van der Waals surface area contributed by atoms with Gasteiger partial charge in [-0.15, -0.1) is 6.42 Å². The van der Waals surface area contributed by atoms with Crippen LogP contribution >= 0.6 is 0 Å². The van der Waals surface area contributed by atoms with Gasteiger partial charge in [0.05, 0.1) is 4.90 Å². The van der Waals surface area contributed by atoms with Crippen LogP contribution in [0.2, 0.25) is 0 Å². The minimum absolute atomic E-state index is 0.0662. The molecule has 0 fully saturated rings. The van der Waals surface area contributed by atoms with Crippen LogP contribution in [0.5, 0.6) is 0 Å². The molecule has 1 aromatic rings. The largest absolute Gasteiger partial charge is 0.289 e. The molecule has 1 rings (SSSR count). The molecule has 4 heteroatoms. The van der Waals surface area contributed by atoms with Crippen molar-refractivity contribution < 1.29 is 13.2 Å². The van der Waals surface area contributed by atoms with E-state index in [-0.39, 0.29) is 12.4 Å². The first kappa shape index (κ1) is 12.4. The lowest BCUT2D eigenvalue weighted by Gasteiger charge is -2.04. The molecule has 1 aromatic carbocycles. The number of hydrogen-bond acceptors (Lipinski definition) is 3. The molecular formula is C12H10O3S. The van der Waals surface area contributed by atoms with E-state index in [1.165, 1.54) is 0 Å². The second kappa shape index (κ2) is 6.01. The summed E-state index contributed by atoms with van der Waals surface area (Å²) in [5.74, 6) is 1.91. The van der Waals surface area contributed by atoms with E-state index in [1.807, 2.05) is 0 Å². The molecule has 0 aliphatic carbocycles. The summed E-state index contributed by atoms with van der Waals surface area (Å²) in [5.41, 5.74) is 0.313. The van der Waals surface area contributed by atoms with Gasteiger partial charge < -0.3 is 0 Å². The highest BCUT2D eigenvalue weighted by Gasteiger charge is 2.13. The van der Waals surface area contributed by atoms with E-state index < -0.39 is 11.1 Å². The average Bonchev–Trinajstić information content (AvgIpc) is 2.35. The molecular weight excluding hydrogens is 224 g/mol. The van der Waals surface area contributed by atoms with Crippen LogP contribution in [0, 0.1) is 12.3 Å². The molecule has 0 spiro atoms. The maximum atomic E-state index is 11.7. The molecule has 82 valence electrons. The number of carbonyl (C=O) groups excluding carboxylic acids is 1. The monoisotopic (exact) mass is 234 g/mol. The number of terminal acetylenes is 1. The fourth-order valence-electron chi connectivity index (χ4n) is 1.08. The molecule has 1 atom stereocenters. The highest BCUT2D eigenvalue weighted by Crippen LogP contribution is 2.15. The molecule has 0 radical (unpaired) electrons. The van der Waals surface area contributed by atoms with Crippen molar-refractivity contribution in [2.45, 2.75) is 4.90 Å². The third kappa shape index (κ3) is 2.89. The molecule has 3 nitrogen and oxygen atoms in total. The van der Waals surface area contributed by atoms with Crippen molar-refractivity contribution in [1.29, 1.82) is 0 Å². The first-order valence-corrected chi connectivity index (χ1v) is 5.52. The highest BCUT2D eigenvalue weighted by molar-refractivity contribution is 7.80. The minimum Gasteiger partial charge on any atom is -0.289 e. The predicted molar refractivity (Wildman–Crippen MR) is 62.2 cm³/mol. The van der Waals surface area contributed by atoms with Crippen LogP contribution in [0.1, 0.15) is 10.4 Å². The molecule has 0 bridgehead atoms. The molecule has 16 heavy (non-hydrogen) atoms. The molecule has 0 aliphatic heterocycles. The Labute approximate surface area is 96.8 Å². The SMILES string of the molecule is C#CCOS(=O)c1ccccc1C(=O)C=C. The van der Waals surface area contributed by atoms with E-state index in [1.54, 1.807) is 24.3 Å².